The molecule has 6 heteroatoms. The van der Waals surface area contributed by atoms with Crippen molar-refractivity contribution in [2.24, 2.45) is 0 Å². The SMILES string of the molecule is C[C@H]1C(=O)N(c2cccc(Br)c2)[C@@H](C)C(=O)N1c1cccc(Br)c1. The van der Waals surface area contributed by atoms with Crippen LogP contribution in [0, 0.1) is 0 Å². The number of piperazine rings is 1. The summed E-state index contributed by atoms with van der Waals surface area (Å²) in [5, 5.41) is 0. The second kappa shape index (κ2) is 6.69. The summed E-state index contributed by atoms with van der Waals surface area (Å²) in [6.07, 6.45) is 0. The van der Waals surface area contributed by atoms with Gasteiger partial charge in [-0.2, -0.15) is 0 Å². The fourth-order valence-electron chi connectivity index (χ4n) is 2.96. The number of carbonyl (C=O) groups is 2. The fraction of sp³-hybridized carbons (Fsp3) is 0.222. The molecule has 1 saturated heterocycles. The first kappa shape index (κ1) is 17.2. The Morgan fingerprint density at radius 1 is 0.750 bits per heavy atom. The highest BCUT2D eigenvalue weighted by Gasteiger charge is 2.43. The van der Waals surface area contributed by atoms with Crippen LogP contribution in [0.25, 0.3) is 0 Å². The number of halogens is 2. The van der Waals surface area contributed by atoms with Crippen molar-refractivity contribution in [2.45, 2.75) is 25.9 Å². The van der Waals surface area contributed by atoms with Gasteiger partial charge in [-0.3, -0.25) is 19.4 Å². The average Bonchev–Trinajstić information content (AvgIpc) is 2.54. The molecule has 2 amide bonds. The van der Waals surface area contributed by atoms with Gasteiger partial charge in [0.2, 0.25) is 0 Å². The molecule has 0 bridgehead atoms. The average molecular weight is 452 g/mol. The maximum absolute atomic E-state index is 13.0. The molecule has 3 rings (SSSR count). The molecule has 4 nitrogen and oxygen atoms in total. The van der Waals surface area contributed by atoms with Gasteiger partial charge in [0.05, 0.1) is 0 Å². The molecule has 1 heterocycles. The third kappa shape index (κ3) is 3.00. The van der Waals surface area contributed by atoms with Gasteiger partial charge in [0.15, 0.2) is 0 Å². The lowest BCUT2D eigenvalue weighted by molar-refractivity contribution is -0.130. The van der Waals surface area contributed by atoms with Gasteiger partial charge in [-0.05, 0) is 50.2 Å². The lowest BCUT2D eigenvalue weighted by Gasteiger charge is -2.42. The summed E-state index contributed by atoms with van der Waals surface area (Å²) in [5.74, 6) is -0.194. The number of rotatable bonds is 2. The number of benzene rings is 2. The molecule has 1 fully saturated rings. The van der Waals surface area contributed by atoms with E-state index in [0.29, 0.717) is 0 Å². The molecule has 0 aromatic heterocycles. The smallest absolute Gasteiger partial charge is 0.250 e. The molecule has 1 aliphatic rings. The van der Waals surface area contributed by atoms with Crippen molar-refractivity contribution in [1.82, 2.24) is 0 Å². The Kier molecular flexibility index (Phi) is 4.78. The van der Waals surface area contributed by atoms with Gasteiger partial charge in [-0.25, -0.2) is 0 Å². The van der Waals surface area contributed by atoms with Crippen molar-refractivity contribution in [2.75, 3.05) is 9.80 Å². The minimum Gasteiger partial charge on any atom is -0.298 e. The third-order valence-corrected chi connectivity index (χ3v) is 5.12. The molecule has 0 radical (unpaired) electrons. The van der Waals surface area contributed by atoms with E-state index in [1.54, 1.807) is 23.6 Å². The van der Waals surface area contributed by atoms with Crippen LogP contribution in [-0.2, 0) is 9.59 Å². The minimum absolute atomic E-state index is 0.0971. The first-order valence-electron chi connectivity index (χ1n) is 7.57. The lowest BCUT2D eigenvalue weighted by atomic mass is 10.0. The molecule has 24 heavy (non-hydrogen) atoms. The second-order valence-corrected chi connectivity index (χ2v) is 7.56. The van der Waals surface area contributed by atoms with Crippen LogP contribution < -0.4 is 9.80 Å². The van der Waals surface area contributed by atoms with Crippen molar-refractivity contribution in [3.05, 3.63) is 57.5 Å². The fourth-order valence-corrected chi connectivity index (χ4v) is 3.73. The van der Waals surface area contributed by atoms with Crippen molar-refractivity contribution in [1.29, 1.82) is 0 Å². The number of carbonyl (C=O) groups excluding carboxylic acids is 2. The zero-order valence-electron chi connectivity index (χ0n) is 13.2. The molecule has 0 unspecified atom stereocenters. The Morgan fingerprint density at radius 2 is 1.12 bits per heavy atom. The maximum Gasteiger partial charge on any atom is 0.250 e. The lowest BCUT2D eigenvalue weighted by Crippen LogP contribution is -2.63. The van der Waals surface area contributed by atoms with Crippen LogP contribution in [0.5, 0.6) is 0 Å². The highest BCUT2D eigenvalue weighted by atomic mass is 79.9. The summed E-state index contributed by atoms with van der Waals surface area (Å²) in [6, 6.07) is 13.7. The quantitative estimate of drug-likeness (QED) is 0.680. The van der Waals surface area contributed by atoms with Crippen LogP contribution >= 0.6 is 31.9 Å². The molecule has 0 aliphatic carbocycles. The molecule has 0 N–H and O–H groups in total. The van der Waals surface area contributed by atoms with Gasteiger partial charge in [0.25, 0.3) is 11.8 Å². The minimum atomic E-state index is -0.568. The predicted octanol–water partition coefficient (Wildman–Crippen LogP) is 4.37. The highest BCUT2D eigenvalue weighted by molar-refractivity contribution is 9.10. The Hall–Kier alpha value is -1.66. The largest absolute Gasteiger partial charge is 0.298 e. The zero-order valence-corrected chi connectivity index (χ0v) is 16.4. The Bertz CT molecular complexity index is 742. The third-order valence-electron chi connectivity index (χ3n) is 4.14. The maximum atomic E-state index is 13.0. The summed E-state index contributed by atoms with van der Waals surface area (Å²) < 4.78 is 1.74. The zero-order chi connectivity index (χ0) is 17.4. The molecule has 0 saturated carbocycles. The molecule has 2 aromatic rings. The van der Waals surface area contributed by atoms with Gasteiger partial charge < -0.3 is 0 Å². The highest BCUT2D eigenvalue weighted by Crippen LogP contribution is 2.31. The first-order valence-corrected chi connectivity index (χ1v) is 9.16. The van der Waals surface area contributed by atoms with Gasteiger partial charge in [-0.1, -0.05) is 44.0 Å². The van der Waals surface area contributed by atoms with E-state index in [1.165, 1.54) is 0 Å². The number of amides is 2. The molecule has 124 valence electrons. The van der Waals surface area contributed by atoms with Crippen molar-refractivity contribution < 1.29 is 9.59 Å². The van der Waals surface area contributed by atoms with E-state index in [4.69, 9.17) is 0 Å². The topological polar surface area (TPSA) is 40.6 Å². The van der Waals surface area contributed by atoms with E-state index in [2.05, 4.69) is 31.9 Å². The molecule has 1 aliphatic heterocycles. The normalized spacial score (nSPS) is 21.3. The molecule has 0 spiro atoms. The van der Waals surface area contributed by atoms with E-state index in [1.807, 2.05) is 48.5 Å². The van der Waals surface area contributed by atoms with E-state index in [9.17, 15) is 9.59 Å². The van der Waals surface area contributed by atoms with Crippen molar-refractivity contribution >= 4 is 55.0 Å². The number of anilines is 2. The summed E-state index contributed by atoms with van der Waals surface area (Å²) >= 11 is 6.83. The monoisotopic (exact) mass is 450 g/mol. The Balaban J connectivity index is 2.01. The molecular weight excluding hydrogens is 436 g/mol. The summed E-state index contributed by atoms with van der Waals surface area (Å²) in [4.78, 5) is 29.1. The second-order valence-electron chi connectivity index (χ2n) is 5.73. The summed E-state index contributed by atoms with van der Waals surface area (Å²) in [7, 11) is 0. The molecular formula is C18H16Br2N2O2. The number of hydrogen-bond acceptors (Lipinski definition) is 2. The van der Waals surface area contributed by atoms with Crippen molar-refractivity contribution in [3.8, 4) is 0 Å². The van der Waals surface area contributed by atoms with Crippen LogP contribution in [0.4, 0.5) is 11.4 Å². The Morgan fingerprint density at radius 3 is 1.46 bits per heavy atom. The van der Waals surface area contributed by atoms with Gasteiger partial charge in [-0.15, -0.1) is 0 Å². The van der Waals surface area contributed by atoms with E-state index in [-0.39, 0.29) is 11.8 Å². The van der Waals surface area contributed by atoms with Crippen LogP contribution in [0.15, 0.2) is 57.5 Å². The predicted molar refractivity (Wildman–Crippen MR) is 102 cm³/mol. The number of nitrogens with zero attached hydrogens (tertiary/aromatic N) is 2. The Labute approximate surface area is 157 Å². The summed E-state index contributed by atoms with van der Waals surface area (Å²) in [6.45, 7) is 3.52. The van der Waals surface area contributed by atoms with Crippen LogP contribution in [0.3, 0.4) is 0 Å². The van der Waals surface area contributed by atoms with Gasteiger partial charge >= 0.3 is 0 Å². The summed E-state index contributed by atoms with van der Waals surface area (Å²) in [5.41, 5.74) is 1.44. The molecule has 2 atom stereocenters. The van der Waals surface area contributed by atoms with Crippen LogP contribution in [0.2, 0.25) is 0 Å². The van der Waals surface area contributed by atoms with E-state index >= 15 is 0 Å². The van der Waals surface area contributed by atoms with E-state index < -0.39 is 12.1 Å². The molecule has 2 aromatic carbocycles. The standard InChI is InChI=1S/C18H16Br2N2O2/c1-11-17(23)22(16-8-4-6-14(20)10-16)12(2)18(24)21(11)15-7-3-5-13(19)9-15/h3-12H,1-2H3/t11-,12-/m0/s1. The van der Waals surface area contributed by atoms with Crippen LogP contribution in [0.1, 0.15) is 13.8 Å². The van der Waals surface area contributed by atoms with Gasteiger partial charge in [0.1, 0.15) is 12.1 Å². The van der Waals surface area contributed by atoms with E-state index in [0.717, 1.165) is 20.3 Å². The first-order chi connectivity index (χ1) is 11.4. The number of hydrogen-bond donors (Lipinski definition) is 0. The van der Waals surface area contributed by atoms with Crippen molar-refractivity contribution in [3.63, 3.8) is 0 Å². The van der Waals surface area contributed by atoms with Gasteiger partial charge in [0, 0.05) is 20.3 Å². The van der Waals surface area contributed by atoms with Crippen LogP contribution in [-0.4, -0.2) is 23.9 Å².